The van der Waals surface area contributed by atoms with Crippen LogP contribution in [0.4, 0.5) is 5.95 Å². The first-order valence-corrected chi connectivity index (χ1v) is 9.26. The van der Waals surface area contributed by atoms with Crippen molar-refractivity contribution in [3.05, 3.63) is 23.8 Å². The Balaban J connectivity index is 1.44. The average Bonchev–Trinajstić information content (AvgIpc) is 3.32. The van der Waals surface area contributed by atoms with Crippen LogP contribution in [-0.4, -0.2) is 50.6 Å². The molecule has 2 aromatic rings. The quantitative estimate of drug-likeness (QED) is 0.859. The van der Waals surface area contributed by atoms with Crippen molar-refractivity contribution in [1.29, 1.82) is 0 Å². The fraction of sp³-hybridized carbons (Fsp3) is 0.526. The van der Waals surface area contributed by atoms with E-state index in [-0.39, 0.29) is 17.4 Å². The van der Waals surface area contributed by atoms with E-state index in [0.29, 0.717) is 30.5 Å². The molecule has 2 heterocycles. The van der Waals surface area contributed by atoms with Crippen molar-refractivity contribution < 1.29 is 14.7 Å². The van der Waals surface area contributed by atoms with Gasteiger partial charge < -0.3 is 19.9 Å². The molecule has 1 aliphatic carbocycles. The molecule has 7 heteroatoms. The summed E-state index contributed by atoms with van der Waals surface area (Å²) in [5.41, 5.74) is 1.77. The number of hydrogen-bond acceptors (Lipinski definition) is 4. The SMILES string of the molecule is Cn1c(NCC2CC(=O)N(C3CCCC3)C2)nc2cc(C(=O)O)ccc21. The number of anilines is 1. The molecule has 1 aromatic carbocycles. The molecule has 138 valence electrons. The van der Waals surface area contributed by atoms with Gasteiger partial charge in [-0.3, -0.25) is 4.79 Å². The summed E-state index contributed by atoms with van der Waals surface area (Å²) in [4.78, 5) is 30.0. The molecule has 1 aliphatic heterocycles. The Labute approximate surface area is 152 Å². The number of hydrogen-bond donors (Lipinski definition) is 2. The van der Waals surface area contributed by atoms with Crippen LogP contribution in [0.15, 0.2) is 18.2 Å². The minimum Gasteiger partial charge on any atom is -0.478 e. The molecular weight excluding hydrogens is 332 g/mol. The first-order valence-electron chi connectivity index (χ1n) is 9.26. The Kier molecular flexibility index (Phi) is 4.30. The second-order valence-corrected chi connectivity index (χ2v) is 7.44. The summed E-state index contributed by atoms with van der Waals surface area (Å²) in [5, 5.41) is 12.5. The molecular formula is C19H24N4O3. The molecule has 1 saturated carbocycles. The van der Waals surface area contributed by atoms with Crippen molar-refractivity contribution in [2.75, 3.05) is 18.4 Å². The summed E-state index contributed by atoms with van der Waals surface area (Å²) in [5.74, 6) is 0.315. The minimum atomic E-state index is -0.955. The highest BCUT2D eigenvalue weighted by Crippen LogP contribution is 2.29. The van der Waals surface area contributed by atoms with Gasteiger partial charge in [0, 0.05) is 38.5 Å². The zero-order chi connectivity index (χ0) is 18.3. The second kappa shape index (κ2) is 6.63. The fourth-order valence-electron chi connectivity index (χ4n) is 4.24. The largest absolute Gasteiger partial charge is 0.478 e. The van der Waals surface area contributed by atoms with Crippen molar-refractivity contribution in [3.8, 4) is 0 Å². The molecule has 1 aromatic heterocycles. The van der Waals surface area contributed by atoms with Crippen LogP contribution < -0.4 is 5.32 Å². The number of benzene rings is 1. The van der Waals surface area contributed by atoms with Gasteiger partial charge in [-0.25, -0.2) is 9.78 Å². The monoisotopic (exact) mass is 356 g/mol. The lowest BCUT2D eigenvalue weighted by Crippen LogP contribution is -2.34. The van der Waals surface area contributed by atoms with Crippen LogP contribution in [0.3, 0.4) is 0 Å². The molecule has 2 N–H and O–H groups in total. The van der Waals surface area contributed by atoms with Crippen LogP contribution in [0.1, 0.15) is 42.5 Å². The molecule has 2 fully saturated rings. The first-order chi connectivity index (χ1) is 12.5. The molecule has 26 heavy (non-hydrogen) atoms. The highest BCUT2D eigenvalue weighted by molar-refractivity contribution is 5.93. The van der Waals surface area contributed by atoms with Crippen molar-refractivity contribution in [2.24, 2.45) is 13.0 Å². The van der Waals surface area contributed by atoms with Crippen LogP contribution in [-0.2, 0) is 11.8 Å². The molecule has 2 aliphatic rings. The number of rotatable bonds is 5. The van der Waals surface area contributed by atoms with Crippen molar-refractivity contribution in [2.45, 2.75) is 38.1 Å². The lowest BCUT2D eigenvalue weighted by Gasteiger charge is -2.24. The van der Waals surface area contributed by atoms with Gasteiger partial charge in [0.05, 0.1) is 16.6 Å². The molecule has 0 spiro atoms. The number of imidazole rings is 1. The molecule has 1 atom stereocenters. The Hall–Kier alpha value is -2.57. The normalized spacial score (nSPS) is 21.0. The van der Waals surface area contributed by atoms with E-state index in [1.54, 1.807) is 18.2 Å². The lowest BCUT2D eigenvalue weighted by atomic mass is 10.1. The number of carbonyl (C=O) groups excluding carboxylic acids is 1. The van der Waals surface area contributed by atoms with E-state index >= 15 is 0 Å². The zero-order valence-electron chi connectivity index (χ0n) is 14.9. The van der Waals surface area contributed by atoms with Gasteiger partial charge in [0.15, 0.2) is 0 Å². The smallest absolute Gasteiger partial charge is 0.335 e. The van der Waals surface area contributed by atoms with Gasteiger partial charge in [0.2, 0.25) is 11.9 Å². The molecule has 1 saturated heterocycles. The highest BCUT2D eigenvalue weighted by atomic mass is 16.4. The van der Waals surface area contributed by atoms with E-state index in [1.807, 2.05) is 11.6 Å². The maximum atomic E-state index is 12.3. The van der Waals surface area contributed by atoms with Crippen LogP contribution in [0.5, 0.6) is 0 Å². The fourth-order valence-corrected chi connectivity index (χ4v) is 4.24. The molecule has 1 amide bonds. The summed E-state index contributed by atoms with van der Waals surface area (Å²) in [7, 11) is 1.91. The summed E-state index contributed by atoms with van der Waals surface area (Å²) < 4.78 is 1.92. The average molecular weight is 356 g/mol. The van der Waals surface area contributed by atoms with Gasteiger partial charge in [0.1, 0.15) is 0 Å². The molecule has 4 rings (SSSR count). The number of amides is 1. The number of carboxylic acids is 1. The lowest BCUT2D eigenvalue weighted by molar-refractivity contribution is -0.129. The van der Waals surface area contributed by atoms with E-state index < -0.39 is 5.97 Å². The Morgan fingerprint density at radius 1 is 1.35 bits per heavy atom. The molecule has 0 bridgehead atoms. The number of carbonyl (C=O) groups is 2. The summed E-state index contributed by atoms with van der Waals surface area (Å²) >= 11 is 0. The Bertz CT molecular complexity index is 854. The van der Waals surface area contributed by atoms with Crippen molar-refractivity contribution >= 4 is 28.9 Å². The number of carboxylic acid groups (broad SMARTS) is 1. The van der Waals surface area contributed by atoms with Gasteiger partial charge in [-0.05, 0) is 31.0 Å². The number of fused-ring (bicyclic) bond motifs is 1. The minimum absolute atomic E-state index is 0.232. The zero-order valence-corrected chi connectivity index (χ0v) is 14.9. The van der Waals surface area contributed by atoms with E-state index in [9.17, 15) is 9.59 Å². The number of aromatic carboxylic acids is 1. The molecule has 7 nitrogen and oxygen atoms in total. The van der Waals surface area contributed by atoms with Gasteiger partial charge in [-0.1, -0.05) is 12.8 Å². The van der Waals surface area contributed by atoms with Crippen LogP contribution in [0.2, 0.25) is 0 Å². The number of nitrogens with zero attached hydrogens (tertiary/aromatic N) is 3. The van der Waals surface area contributed by atoms with E-state index in [1.165, 1.54) is 12.8 Å². The van der Waals surface area contributed by atoms with E-state index in [4.69, 9.17) is 5.11 Å². The number of nitrogens with one attached hydrogen (secondary N) is 1. The van der Waals surface area contributed by atoms with Gasteiger partial charge in [0.25, 0.3) is 0 Å². The maximum Gasteiger partial charge on any atom is 0.335 e. The topological polar surface area (TPSA) is 87.5 Å². The van der Waals surface area contributed by atoms with Crippen molar-refractivity contribution in [3.63, 3.8) is 0 Å². The summed E-state index contributed by atoms with van der Waals surface area (Å²) in [6.45, 7) is 1.52. The van der Waals surface area contributed by atoms with E-state index in [0.717, 1.165) is 24.9 Å². The number of likely N-dealkylation sites (tertiary alicyclic amines) is 1. The third-order valence-corrected chi connectivity index (χ3v) is 5.68. The molecule has 1 unspecified atom stereocenters. The standard InChI is InChI=1S/C19H24N4O3/c1-22-16-7-6-13(18(25)26)9-15(16)21-19(22)20-10-12-8-17(24)23(11-12)14-4-2-3-5-14/h6-7,9,12,14H,2-5,8,10-11H2,1H3,(H,20,21)(H,25,26). The summed E-state index contributed by atoms with van der Waals surface area (Å²) in [6, 6.07) is 5.39. The van der Waals surface area contributed by atoms with Gasteiger partial charge in [-0.15, -0.1) is 0 Å². The van der Waals surface area contributed by atoms with Crippen LogP contribution in [0.25, 0.3) is 11.0 Å². The van der Waals surface area contributed by atoms with Gasteiger partial charge in [-0.2, -0.15) is 0 Å². The second-order valence-electron chi connectivity index (χ2n) is 7.44. The van der Waals surface area contributed by atoms with E-state index in [2.05, 4.69) is 15.2 Å². The third kappa shape index (κ3) is 3.02. The maximum absolute atomic E-state index is 12.3. The Morgan fingerprint density at radius 3 is 2.85 bits per heavy atom. The highest BCUT2D eigenvalue weighted by Gasteiger charge is 2.35. The number of aromatic nitrogens is 2. The van der Waals surface area contributed by atoms with Crippen molar-refractivity contribution in [1.82, 2.24) is 14.5 Å². The third-order valence-electron chi connectivity index (χ3n) is 5.68. The molecule has 0 radical (unpaired) electrons. The predicted molar refractivity (Wildman–Crippen MR) is 98.2 cm³/mol. The van der Waals surface area contributed by atoms with Crippen LogP contribution >= 0.6 is 0 Å². The first kappa shape index (κ1) is 16.9. The van der Waals surface area contributed by atoms with Gasteiger partial charge >= 0.3 is 5.97 Å². The summed E-state index contributed by atoms with van der Waals surface area (Å²) in [6.07, 6.45) is 5.34. The predicted octanol–water partition coefficient (Wildman–Crippen LogP) is 2.47. The Morgan fingerprint density at radius 2 is 2.12 bits per heavy atom. The van der Waals surface area contributed by atoms with Crippen LogP contribution in [0, 0.1) is 5.92 Å². The number of aryl methyl sites for hydroxylation is 1.